The smallest absolute Gasteiger partial charge is 0.263 e. The van der Waals surface area contributed by atoms with Crippen LogP contribution in [0.4, 0.5) is 5.69 Å². The Balaban J connectivity index is 2.13. The van der Waals surface area contributed by atoms with Crippen LogP contribution in [0.3, 0.4) is 0 Å². The Bertz CT molecular complexity index is 646. The monoisotopic (exact) mass is 366 g/mol. The van der Waals surface area contributed by atoms with Crippen molar-refractivity contribution in [2.24, 2.45) is 0 Å². The normalized spacial score (nSPS) is 14.0. The van der Waals surface area contributed by atoms with E-state index in [1.807, 2.05) is 33.1 Å². The van der Waals surface area contributed by atoms with E-state index in [2.05, 4.69) is 10.2 Å². The molecule has 1 aliphatic heterocycles. The summed E-state index contributed by atoms with van der Waals surface area (Å²) < 4.78 is 0. The molecule has 0 saturated heterocycles. The summed E-state index contributed by atoms with van der Waals surface area (Å²) in [5.41, 5.74) is 1.42. The van der Waals surface area contributed by atoms with Gasteiger partial charge in [-0.3, -0.25) is 14.5 Å². The molecule has 0 unspecified atom stereocenters. The third-order valence-electron chi connectivity index (χ3n) is 4.16. The van der Waals surface area contributed by atoms with Crippen LogP contribution in [0.15, 0.2) is 12.1 Å². The van der Waals surface area contributed by atoms with Crippen LogP contribution in [0.25, 0.3) is 0 Å². The molecule has 0 radical (unpaired) electrons. The molecule has 6 nitrogen and oxygen atoms in total. The Kier molecular flexibility index (Phi) is 6.81. The van der Waals surface area contributed by atoms with Crippen molar-refractivity contribution < 1.29 is 9.59 Å². The van der Waals surface area contributed by atoms with Crippen LogP contribution in [0.5, 0.6) is 0 Å². The maximum Gasteiger partial charge on any atom is 0.263 e. The lowest BCUT2D eigenvalue weighted by Crippen LogP contribution is -2.32. The van der Waals surface area contributed by atoms with E-state index in [9.17, 15) is 9.59 Å². The molecule has 0 bridgehead atoms. The van der Waals surface area contributed by atoms with E-state index >= 15 is 0 Å². The van der Waals surface area contributed by atoms with E-state index in [1.54, 1.807) is 12.1 Å². The Labute approximate surface area is 154 Å². The van der Waals surface area contributed by atoms with Crippen molar-refractivity contribution in [3.63, 3.8) is 0 Å². The summed E-state index contributed by atoms with van der Waals surface area (Å²) in [5, 5.41) is 3.62. The number of anilines is 1. The van der Waals surface area contributed by atoms with Gasteiger partial charge in [0.15, 0.2) is 0 Å². The molecule has 0 fully saturated rings. The van der Waals surface area contributed by atoms with Gasteiger partial charge >= 0.3 is 0 Å². The molecule has 1 aromatic rings. The van der Waals surface area contributed by atoms with Crippen LogP contribution >= 0.6 is 11.6 Å². The molecule has 0 atom stereocenters. The number of hydrogen-bond donors (Lipinski definition) is 1. The van der Waals surface area contributed by atoms with Crippen LogP contribution in [0.2, 0.25) is 5.02 Å². The molecule has 25 heavy (non-hydrogen) atoms. The molecule has 0 saturated carbocycles. The highest BCUT2D eigenvalue weighted by molar-refractivity contribution is 6.38. The number of halogens is 1. The van der Waals surface area contributed by atoms with Gasteiger partial charge in [0.05, 0.1) is 16.1 Å². The van der Waals surface area contributed by atoms with Gasteiger partial charge in [0, 0.05) is 18.8 Å². The van der Waals surface area contributed by atoms with Crippen molar-refractivity contribution >= 4 is 29.1 Å². The molecule has 7 heteroatoms. The number of rotatable bonds is 9. The molecular formula is C18H27ClN4O2. The molecule has 0 aromatic heterocycles. The fraction of sp³-hybridized carbons (Fsp3) is 0.556. The first kappa shape index (κ1) is 19.7. The highest BCUT2D eigenvalue weighted by Crippen LogP contribution is 2.34. The molecule has 1 N–H and O–H groups in total. The van der Waals surface area contributed by atoms with Crippen molar-refractivity contribution in [1.82, 2.24) is 14.7 Å². The van der Waals surface area contributed by atoms with Crippen molar-refractivity contribution in [3.05, 3.63) is 28.3 Å². The number of nitrogens with zero attached hydrogens (tertiary/aromatic N) is 3. The summed E-state index contributed by atoms with van der Waals surface area (Å²) in [7, 11) is 7.98. The van der Waals surface area contributed by atoms with Crippen LogP contribution in [0.1, 0.15) is 33.6 Å². The number of imide groups is 1. The molecule has 1 aromatic carbocycles. The van der Waals surface area contributed by atoms with Gasteiger partial charge in [0.2, 0.25) is 0 Å². The first-order valence-corrected chi connectivity index (χ1v) is 8.92. The molecule has 1 aliphatic rings. The fourth-order valence-corrected chi connectivity index (χ4v) is 3.12. The zero-order valence-electron chi connectivity index (χ0n) is 15.4. The predicted octanol–water partition coefficient (Wildman–Crippen LogP) is 2.25. The number of hydrogen-bond acceptors (Lipinski definition) is 5. The third-order valence-corrected chi connectivity index (χ3v) is 4.47. The summed E-state index contributed by atoms with van der Waals surface area (Å²) >= 11 is 6.21. The summed E-state index contributed by atoms with van der Waals surface area (Å²) in [4.78, 5) is 30.9. The molecular weight excluding hydrogens is 340 g/mol. The van der Waals surface area contributed by atoms with Gasteiger partial charge in [-0.15, -0.1) is 0 Å². The maximum atomic E-state index is 12.8. The first-order valence-electron chi connectivity index (χ1n) is 8.55. The minimum absolute atomic E-state index is 0.253. The zero-order chi connectivity index (χ0) is 18.6. The van der Waals surface area contributed by atoms with Crippen molar-refractivity contribution in [3.8, 4) is 0 Å². The minimum Gasteiger partial charge on any atom is -0.384 e. The van der Waals surface area contributed by atoms with E-state index in [4.69, 9.17) is 11.6 Å². The standard InChI is InChI=1S/C18H27ClN4O2/c1-21(2)10-5-9-20-14-8-7-13(19)15-16(14)18(25)23(17(15)24)12-6-11-22(3)4/h7-8,20H,5-6,9-12H2,1-4H3. The lowest BCUT2D eigenvalue weighted by molar-refractivity contribution is 0.0650. The average Bonchev–Trinajstić information content (AvgIpc) is 2.78. The molecule has 0 spiro atoms. The Morgan fingerprint density at radius 3 is 2.20 bits per heavy atom. The van der Waals surface area contributed by atoms with Crippen LogP contribution in [-0.2, 0) is 0 Å². The van der Waals surface area contributed by atoms with E-state index in [0.29, 0.717) is 28.4 Å². The lowest BCUT2D eigenvalue weighted by atomic mass is 10.1. The molecule has 2 amide bonds. The van der Waals surface area contributed by atoms with Gasteiger partial charge < -0.3 is 15.1 Å². The van der Waals surface area contributed by atoms with Gasteiger partial charge in [0.1, 0.15) is 0 Å². The Morgan fingerprint density at radius 2 is 1.56 bits per heavy atom. The number of carbonyl (C=O) groups is 2. The number of carbonyl (C=O) groups excluding carboxylic acids is 2. The lowest BCUT2D eigenvalue weighted by Gasteiger charge is -2.16. The predicted molar refractivity (Wildman–Crippen MR) is 102 cm³/mol. The highest BCUT2D eigenvalue weighted by Gasteiger charge is 2.38. The summed E-state index contributed by atoms with van der Waals surface area (Å²) in [6, 6.07) is 3.47. The van der Waals surface area contributed by atoms with Gasteiger partial charge in [-0.25, -0.2) is 0 Å². The van der Waals surface area contributed by atoms with Crippen LogP contribution in [-0.4, -0.2) is 80.9 Å². The molecule has 2 rings (SSSR count). The van der Waals surface area contributed by atoms with Gasteiger partial charge in [-0.1, -0.05) is 11.6 Å². The van der Waals surface area contributed by atoms with E-state index in [-0.39, 0.29) is 11.8 Å². The van der Waals surface area contributed by atoms with Gasteiger partial charge in [-0.05, 0) is 66.3 Å². The second-order valence-electron chi connectivity index (χ2n) is 6.85. The average molecular weight is 367 g/mol. The third kappa shape index (κ3) is 4.71. The Morgan fingerprint density at radius 1 is 0.960 bits per heavy atom. The molecule has 0 aliphatic carbocycles. The topological polar surface area (TPSA) is 55.9 Å². The summed E-state index contributed by atoms with van der Waals surface area (Å²) in [6.45, 7) is 2.90. The van der Waals surface area contributed by atoms with Crippen molar-refractivity contribution in [1.29, 1.82) is 0 Å². The second kappa shape index (κ2) is 8.65. The van der Waals surface area contributed by atoms with Crippen LogP contribution < -0.4 is 5.32 Å². The number of benzene rings is 1. The SMILES string of the molecule is CN(C)CCCNc1ccc(Cl)c2c1C(=O)N(CCCN(C)C)C2=O. The second-order valence-corrected chi connectivity index (χ2v) is 7.25. The quantitative estimate of drug-likeness (QED) is 0.536. The van der Waals surface area contributed by atoms with Gasteiger partial charge in [-0.2, -0.15) is 0 Å². The van der Waals surface area contributed by atoms with Crippen LogP contribution in [0, 0.1) is 0 Å². The zero-order valence-corrected chi connectivity index (χ0v) is 16.2. The summed E-state index contributed by atoms with van der Waals surface area (Å²) in [6.07, 6.45) is 1.68. The summed E-state index contributed by atoms with van der Waals surface area (Å²) in [5.74, 6) is -0.544. The van der Waals surface area contributed by atoms with E-state index in [0.717, 1.165) is 32.5 Å². The Hall–Kier alpha value is -1.63. The van der Waals surface area contributed by atoms with E-state index < -0.39 is 0 Å². The van der Waals surface area contributed by atoms with Gasteiger partial charge in [0.25, 0.3) is 11.8 Å². The highest BCUT2D eigenvalue weighted by atomic mass is 35.5. The number of nitrogens with one attached hydrogen (secondary N) is 1. The largest absolute Gasteiger partial charge is 0.384 e. The van der Waals surface area contributed by atoms with E-state index in [1.165, 1.54) is 4.90 Å². The number of fused-ring (bicyclic) bond motifs is 1. The minimum atomic E-state index is -0.291. The maximum absolute atomic E-state index is 12.8. The number of amides is 2. The van der Waals surface area contributed by atoms with Crippen molar-refractivity contribution in [2.45, 2.75) is 12.8 Å². The molecule has 1 heterocycles. The fourth-order valence-electron chi connectivity index (χ4n) is 2.88. The van der Waals surface area contributed by atoms with Crippen molar-refractivity contribution in [2.75, 3.05) is 59.7 Å². The first-order chi connectivity index (χ1) is 11.8. The molecule has 138 valence electrons.